The molecule has 0 aliphatic carbocycles. The third-order valence-electron chi connectivity index (χ3n) is 2.41. The highest BCUT2D eigenvalue weighted by Gasteiger charge is 2.09. The van der Waals surface area contributed by atoms with Crippen LogP contribution in [0.5, 0.6) is 0 Å². The van der Waals surface area contributed by atoms with Crippen molar-refractivity contribution in [2.24, 2.45) is 0 Å². The van der Waals surface area contributed by atoms with Gasteiger partial charge in [0.1, 0.15) is 5.82 Å². The van der Waals surface area contributed by atoms with E-state index in [0.29, 0.717) is 12.2 Å². The smallest absolute Gasteiger partial charge is 0.128 e. The first-order valence-corrected chi connectivity index (χ1v) is 5.07. The molecule has 3 heteroatoms. The second kappa shape index (κ2) is 5.12. The standard InChI is InChI=1S/C12H18FNO/c1-8-5-6-11(13)10(3)12(8)14-9(2)7-15-4/h5-6,9,14H,7H2,1-4H3. The minimum atomic E-state index is -0.173. The van der Waals surface area contributed by atoms with E-state index in [9.17, 15) is 4.39 Å². The average molecular weight is 211 g/mol. The van der Waals surface area contributed by atoms with Gasteiger partial charge in [0.2, 0.25) is 0 Å². The molecule has 1 rings (SSSR count). The van der Waals surface area contributed by atoms with Gasteiger partial charge in [-0.2, -0.15) is 0 Å². The van der Waals surface area contributed by atoms with E-state index in [-0.39, 0.29) is 11.9 Å². The zero-order valence-electron chi connectivity index (χ0n) is 9.73. The van der Waals surface area contributed by atoms with Crippen molar-refractivity contribution in [3.63, 3.8) is 0 Å². The highest BCUT2D eigenvalue weighted by atomic mass is 19.1. The Morgan fingerprint density at radius 1 is 1.40 bits per heavy atom. The van der Waals surface area contributed by atoms with Crippen LogP contribution in [0.15, 0.2) is 12.1 Å². The van der Waals surface area contributed by atoms with E-state index in [1.165, 1.54) is 6.07 Å². The maximum atomic E-state index is 13.3. The SMILES string of the molecule is COCC(C)Nc1c(C)ccc(F)c1C. The molecule has 0 aliphatic rings. The number of hydrogen-bond donors (Lipinski definition) is 1. The summed E-state index contributed by atoms with van der Waals surface area (Å²) in [4.78, 5) is 0. The summed E-state index contributed by atoms with van der Waals surface area (Å²) in [6.45, 7) is 6.36. The molecule has 84 valence electrons. The van der Waals surface area contributed by atoms with Crippen LogP contribution < -0.4 is 5.32 Å². The lowest BCUT2D eigenvalue weighted by Gasteiger charge is -2.18. The lowest BCUT2D eigenvalue weighted by molar-refractivity contribution is 0.190. The number of rotatable bonds is 4. The Bertz CT molecular complexity index is 339. The van der Waals surface area contributed by atoms with Gasteiger partial charge in [0.15, 0.2) is 0 Å². The maximum Gasteiger partial charge on any atom is 0.128 e. The van der Waals surface area contributed by atoms with Crippen LogP contribution in [-0.4, -0.2) is 19.8 Å². The van der Waals surface area contributed by atoms with Crippen molar-refractivity contribution in [2.45, 2.75) is 26.8 Å². The molecule has 2 nitrogen and oxygen atoms in total. The molecule has 1 atom stereocenters. The fourth-order valence-electron chi connectivity index (χ4n) is 1.58. The van der Waals surface area contributed by atoms with Crippen molar-refractivity contribution in [3.8, 4) is 0 Å². The van der Waals surface area contributed by atoms with Gasteiger partial charge in [-0.05, 0) is 32.4 Å². The van der Waals surface area contributed by atoms with E-state index in [4.69, 9.17) is 4.74 Å². The molecule has 0 bridgehead atoms. The largest absolute Gasteiger partial charge is 0.383 e. The molecule has 0 spiro atoms. The van der Waals surface area contributed by atoms with Gasteiger partial charge in [0.05, 0.1) is 6.61 Å². The van der Waals surface area contributed by atoms with Crippen molar-refractivity contribution in [2.75, 3.05) is 19.0 Å². The monoisotopic (exact) mass is 211 g/mol. The van der Waals surface area contributed by atoms with E-state index in [0.717, 1.165) is 11.3 Å². The molecule has 0 fully saturated rings. The average Bonchev–Trinajstić information content (AvgIpc) is 2.19. The first-order valence-electron chi connectivity index (χ1n) is 5.07. The van der Waals surface area contributed by atoms with E-state index in [1.54, 1.807) is 20.1 Å². The van der Waals surface area contributed by atoms with Crippen molar-refractivity contribution in [3.05, 3.63) is 29.1 Å². The molecule has 0 saturated carbocycles. The van der Waals surface area contributed by atoms with E-state index >= 15 is 0 Å². The van der Waals surface area contributed by atoms with E-state index in [1.807, 2.05) is 13.8 Å². The van der Waals surface area contributed by atoms with Crippen LogP contribution in [0.1, 0.15) is 18.1 Å². The molecule has 1 aromatic rings. The molecular weight excluding hydrogens is 193 g/mol. The normalized spacial score (nSPS) is 12.6. The maximum absolute atomic E-state index is 13.3. The van der Waals surface area contributed by atoms with Gasteiger partial charge >= 0.3 is 0 Å². The Labute approximate surface area is 90.4 Å². The van der Waals surface area contributed by atoms with E-state index < -0.39 is 0 Å². The quantitative estimate of drug-likeness (QED) is 0.826. The molecule has 0 heterocycles. The van der Waals surface area contributed by atoms with Crippen molar-refractivity contribution in [1.82, 2.24) is 0 Å². The van der Waals surface area contributed by atoms with Crippen molar-refractivity contribution in [1.29, 1.82) is 0 Å². The topological polar surface area (TPSA) is 21.3 Å². The van der Waals surface area contributed by atoms with Gasteiger partial charge in [-0.3, -0.25) is 0 Å². The predicted octanol–water partition coefficient (Wildman–Crippen LogP) is 2.89. The van der Waals surface area contributed by atoms with Crippen molar-refractivity contribution >= 4 is 5.69 Å². The summed E-state index contributed by atoms with van der Waals surface area (Å²) in [5.74, 6) is -0.173. The molecule has 15 heavy (non-hydrogen) atoms. The van der Waals surface area contributed by atoms with Gasteiger partial charge in [0.25, 0.3) is 0 Å². The second-order valence-electron chi connectivity index (χ2n) is 3.87. The molecule has 1 N–H and O–H groups in total. The highest BCUT2D eigenvalue weighted by molar-refractivity contribution is 5.57. The molecule has 0 aliphatic heterocycles. The number of anilines is 1. The molecular formula is C12H18FNO. The Morgan fingerprint density at radius 3 is 2.67 bits per heavy atom. The van der Waals surface area contributed by atoms with Crippen LogP contribution in [-0.2, 0) is 4.74 Å². The molecule has 0 aromatic heterocycles. The van der Waals surface area contributed by atoms with E-state index in [2.05, 4.69) is 5.32 Å². The second-order valence-corrected chi connectivity index (χ2v) is 3.87. The van der Waals surface area contributed by atoms with Crippen LogP contribution in [0.25, 0.3) is 0 Å². The summed E-state index contributed by atoms with van der Waals surface area (Å²) in [6.07, 6.45) is 0. The summed E-state index contributed by atoms with van der Waals surface area (Å²) in [6, 6.07) is 3.45. The summed E-state index contributed by atoms with van der Waals surface area (Å²) in [5, 5.41) is 3.26. The summed E-state index contributed by atoms with van der Waals surface area (Å²) >= 11 is 0. The molecule has 0 radical (unpaired) electrons. The van der Waals surface area contributed by atoms with Crippen LogP contribution in [0.2, 0.25) is 0 Å². The summed E-state index contributed by atoms with van der Waals surface area (Å²) in [5.41, 5.74) is 2.59. The number of ether oxygens (including phenoxy) is 1. The number of halogens is 1. The first kappa shape index (κ1) is 12.0. The highest BCUT2D eigenvalue weighted by Crippen LogP contribution is 2.23. The Morgan fingerprint density at radius 2 is 2.07 bits per heavy atom. The zero-order chi connectivity index (χ0) is 11.4. The lowest BCUT2D eigenvalue weighted by Crippen LogP contribution is -2.22. The predicted molar refractivity (Wildman–Crippen MR) is 60.8 cm³/mol. The van der Waals surface area contributed by atoms with Gasteiger partial charge in [-0.15, -0.1) is 0 Å². The molecule has 0 saturated heterocycles. The van der Waals surface area contributed by atoms with Crippen LogP contribution >= 0.6 is 0 Å². The third kappa shape index (κ3) is 2.93. The molecule has 1 aromatic carbocycles. The number of hydrogen-bond acceptors (Lipinski definition) is 2. The fourth-order valence-corrected chi connectivity index (χ4v) is 1.58. The minimum absolute atomic E-state index is 0.173. The minimum Gasteiger partial charge on any atom is -0.383 e. The molecule has 1 unspecified atom stereocenters. The Kier molecular flexibility index (Phi) is 4.09. The summed E-state index contributed by atoms with van der Waals surface area (Å²) < 4.78 is 18.4. The van der Waals surface area contributed by atoms with Gasteiger partial charge in [-0.1, -0.05) is 6.07 Å². The Balaban J connectivity index is 2.88. The van der Waals surface area contributed by atoms with Crippen LogP contribution in [0.4, 0.5) is 10.1 Å². The number of benzene rings is 1. The fraction of sp³-hybridized carbons (Fsp3) is 0.500. The zero-order valence-corrected chi connectivity index (χ0v) is 9.73. The first-order chi connectivity index (χ1) is 7.06. The van der Waals surface area contributed by atoms with Crippen LogP contribution in [0.3, 0.4) is 0 Å². The van der Waals surface area contributed by atoms with Gasteiger partial charge < -0.3 is 10.1 Å². The third-order valence-corrected chi connectivity index (χ3v) is 2.41. The van der Waals surface area contributed by atoms with Crippen molar-refractivity contribution < 1.29 is 9.13 Å². The number of aryl methyl sites for hydroxylation is 1. The van der Waals surface area contributed by atoms with Crippen LogP contribution in [0, 0.1) is 19.7 Å². The molecule has 0 amide bonds. The summed E-state index contributed by atoms with van der Waals surface area (Å²) in [7, 11) is 1.66. The lowest BCUT2D eigenvalue weighted by atomic mass is 10.1. The van der Waals surface area contributed by atoms with Gasteiger partial charge in [-0.25, -0.2) is 4.39 Å². The Hall–Kier alpha value is -1.09. The number of nitrogens with one attached hydrogen (secondary N) is 1. The number of methoxy groups -OCH3 is 1. The van der Waals surface area contributed by atoms with Gasteiger partial charge in [0, 0.05) is 24.4 Å².